The lowest BCUT2D eigenvalue weighted by atomic mass is 10.1. The van der Waals surface area contributed by atoms with Crippen molar-refractivity contribution in [2.45, 2.75) is 12.8 Å². The number of carbonyl (C=O) groups is 1. The Hall–Kier alpha value is -1.80. The SMILES string of the molecule is O=C(Cc1ccc(Cl)cc1)NCCc1ccccc1. The van der Waals surface area contributed by atoms with Gasteiger partial charge in [0.05, 0.1) is 6.42 Å². The zero-order valence-corrected chi connectivity index (χ0v) is 11.4. The van der Waals surface area contributed by atoms with E-state index >= 15 is 0 Å². The average Bonchev–Trinajstić information content (AvgIpc) is 2.43. The highest BCUT2D eigenvalue weighted by atomic mass is 35.5. The summed E-state index contributed by atoms with van der Waals surface area (Å²) in [6.07, 6.45) is 1.25. The molecule has 19 heavy (non-hydrogen) atoms. The fraction of sp³-hybridized carbons (Fsp3) is 0.188. The van der Waals surface area contributed by atoms with Crippen LogP contribution in [0.2, 0.25) is 5.02 Å². The van der Waals surface area contributed by atoms with Gasteiger partial charge in [-0.1, -0.05) is 54.1 Å². The minimum atomic E-state index is 0.0400. The monoisotopic (exact) mass is 273 g/mol. The number of benzene rings is 2. The maximum atomic E-state index is 11.7. The van der Waals surface area contributed by atoms with E-state index in [1.54, 1.807) is 12.1 Å². The van der Waals surface area contributed by atoms with E-state index in [4.69, 9.17) is 11.6 Å². The van der Waals surface area contributed by atoms with Crippen molar-refractivity contribution in [3.63, 3.8) is 0 Å². The van der Waals surface area contributed by atoms with Crippen LogP contribution in [0, 0.1) is 0 Å². The highest BCUT2D eigenvalue weighted by molar-refractivity contribution is 6.30. The Balaban J connectivity index is 1.74. The fourth-order valence-corrected chi connectivity index (χ4v) is 1.97. The summed E-state index contributed by atoms with van der Waals surface area (Å²) in [6.45, 7) is 0.663. The summed E-state index contributed by atoms with van der Waals surface area (Å²) >= 11 is 5.80. The van der Waals surface area contributed by atoms with Crippen molar-refractivity contribution in [3.05, 3.63) is 70.7 Å². The van der Waals surface area contributed by atoms with Crippen LogP contribution in [-0.2, 0) is 17.6 Å². The Morgan fingerprint density at radius 1 is 0.947 bits per heavy atom. The van der Waals surface area contributed by atoms with Gasteiger partial charge in [-0.15, -0.1) is 0 Å². The second kappa shape index (κ2) is 6.95. The van der Waals surface area contributed by atoms with Gasteiger partial charge in [-0.05, 0) is 29.7 Å². The zero-order valence-electron chi connectivity index (χ0n) is 10.6. The number of nitrogens with one attached hydrogen (secondary N) is 1. The molecule has 2 rings (SSSR count). The first-order chi connectivity index (χ1) is 9.24. The van der Waals surface area contributed by atoms with Crippen molar-refractivity contribution in [1.29, 1.82) is 0 Å². The highest BCUT2D eigenvalue weighted by Crippen LogP contribution is 2.09. The first-order valence-corrected chi connectivity index (χ1v) is 6.67. The summed E-state index contributed by atoms with van der Waals surface area (Å²) in [6, 6.07) is 17.5. The third kappa shape index (κ3) is 4.76. The predicted molar refractivity (Wildman–Crippen MR) is 78.3 cm³/mol. The van der Waals surface area contributed by atoms with Gasteiger partial charge < -0.3 is 5.32 Å². The average molecular weight is 274 g/mol. The number of amides is 1. The van der Waals surface area contributed by atoms with E-state index in [1.807, 2.05) is 30.3 Å². The first kappa shape index (κ1) is 13.6. The van der Waals surface area contributed by atoms with E-state index in [2.05, 4.69) is 17.4 Å². The summed E-state index contributed by atoms with van der Waals surface area (Å²) in [5.74, 6) is 0.0400. The van der Waals surface area contributed by atoms with Crippen LogP contribution >= 0.6 is 11.6 Å². The fourth-order valence-electron chi connectivity index (χ4n) is 1.84. The van der Waals surface area contributed by atoms with Gasteiger partial charge in [0.2, 0.25) is 5.91 Å². The van der Waals surface area contributed by atoms with Crippen LogP contribution in [0.4, 0.5) is 0 Å². The van der Waals surface area contributed by atoms with E-state index in [0.29, 0.717) is 18.0 Å². The smallest absolute Gasteiger partial charge is 0.224 e. The van der Waals surface area contributed by atoms with Crippen LogP contribution in [0.5, 0.6) is 0 Å². The summed E-state index contributed by atoms with van der Waals surface area (Å²) in [5, 5.41) is 3.61. The van der Waals surface area contributed by atoms with E-state index in [9.17, 15) is 4.79 Å². The summed E-state index contributed by atoms with van der Waals surface area (Å²) in [4.78, 5) is 11.7. The molecule has 0 unspecified atom stereocenters. The minimum absolute atomic E-state index is 0.0400. The van der Waals surface area contributed by atoms with Gasteiger partial charge in [0.1, 0.15) is 0 Å². The highest BCUT2D eigenvalue weighted by Gasteiger charge is 2.02. The number of carbonyl (C=O) groups excluding carboxylic acids is 1. The third-order valence-corrected chi connectivity index (χ3v) is 3.11. The van der Waals surface area contributed by atoms with Crippen LogP contribution in [0.15, 0.2) is 54.6 Å². The molecule has 0 aliphatic rings. The second-order valence-electron chi connectivity index (χ2n) is 4.39. The van der Waals surface area contributed by atoms with Crippen LogP contribution in [0.1, 0.15) is 11.1 Å². The van der Waals surface area contributed by atoms with E-state index in [0.717, 1.165) is 12.0 Å². The molecule has 0 aliphatic heterocycles. The van der Waals surface area contributed by atoms with Gasteiger partial charge in [0.25, 0.3) is 0 Å². The number of hydrogen-bond acceptors (Lipinski definition) is 1. The molecule has 1 N–H and O–H groups in total. The van der Waals surface area contributed by atoms with Gasteiger partial charge in [-0.3, -0.25) is 4.79 Å². The molecule has 0 radical (unpaired) electrons. The van der Waals surface area contributed by atoms with Gasteiger partial charge in [-0.25, -0.2) is 0 Å². The number of rotatable bonds is 5. The van der Waals surface area contributed by atoms with Crippen molar-refractivity contribution >= 4 is 17.5 Å². The molecule has 98 valence electrons. The van der Waals surface area contributed by atoms with Crippen molar-refractivity contribution in [1.82, 2.24) is 5.32 Å². The lowest BCUT2D eigenvalue weighted by Gasteiger charge is -2.05. The van der Waals surface area contributed by atoms with Crippen molar-refractivity contribution < 1.29 is 4.79 Å². The van der Waals surface area contributed by atoms with Gasteiger partial charge >= 0.3 is 0 Å². The van der Waals surface area contributed by atoms with Gasteiger partial charge in [0.15, 0.2) is 0 Å². The lowest BCUT2D eigenvalue weighted by molar-refractivity contribution is -0.120. The molecule has 0 heterocycles. The molecule has 0 spiro atoms. The van der Waals surface area contributed by atoms with Crippen molar-refractivity contribution in [2.75, 3.05) is 6.54 Å². The number of halogens is 1. The van der Waals surface area contributed by atoms with Crippen LogP contribution in [0.25, 0.3) is 0 Å². The summed E-state index contributed by atoms with van der Waals surface area (Å²) in [5.41, 5.74) is 2.20. The Bertz CT molecular complexity index is 522. The molecule has 1 amide bonds. The van der Waals surface area contributed by atoms with Gasteiger partial charge in [-0.2, -0.15) is 0 Å². The molecule has 2 aromatic rings. The van der Waals surface area contributed by atoms with Crippen LogP contribution in [-0.4, -0.2) is 12.5 Å². The standard InChI is InChI=1S/C16H16ClNO/c17-15-8-6-14(7-9-15)12-16(19)18-11-10-13-4-2-1-3-5-13/h1-9H,10-12H2,(H,18,19). The largest absolute Gasteiger partial charge is 0.355 e. The van der Waals surface area contributed by atoms with Gasteiger partial charge in [0, 0.05) is 11.6 Å². The zero-order chi connectivity index (χ0) is 13.5. The van der Waals surface area contributed by atoms with E-state index in [1.165, 1.54) is 5.56 Å². The Labute approximate surface area is 118 Å². The molecular weight excluding hydrogens is 258 g/mol. The number of hydrogen-bond donors (Lipinski definition) is 1. The molecule has 0 atom stereocenters. The van der Waals surface area contributed by atoms with Crippen molar-refractivity contribution in [2.24, 2.45) is 0 Å². The summed E-state index contributed by atoms with van der Waals surface area (Å²) < 4.78 is 0. The predicted octanol–water partition coefficient (Wildman–Crippen LogP) is 3.24. The maximum absolute atomic E-state index is 11.7. The first-order valence-electron chi connectivity index (χ1n) is 6.29. The van der Waals surface area contributed by atoms with Crippen LogP contribution < -0.4 is 5.32 Å². The van der Waals surface area contributed by atoms with Crippen LogP contribution in [0.3, 0.4) is 0 Å². The Morgan fingerprint density at radius 2 is 1.63 bits per heavy atom. The maximum Gasteiger partial charge on any atom is 0.224 e. The quantitative estimate of drug-likeness (QED) is 0.890. The van der Waals surface area contributed by atoms with E-state index < -0.39 is 0 Å². The topological polar surface area (TPSA) is 29.1 Å². The molecule has 2 nitrogen and oxygen atoms in total. The molecule has 2 aromatic carbocycles. The molecule has 0 saturated heterocycles. The summed E-state index contributed by atoms with van der Waals surface area (Å²) in [7, 11) is 0. The van der Waals surface area contributed by atoms with Crippen molar-refractivity contribution in [3.8, 4) is 0 Å². The molecule has 0 aromatic heterocycles. The molecule has 0 saturated carbocycles. The second-order valence-corrected chi connectivity index (χ2v) is 4.83. The normalized spacial score (nSPS) is 10.2. The molecule has 0 fully saturated rings. The van der Waals surface area contributed by atoms with E-state index in [-0.39, 0.29) is 5.91 Å². The Kier molecular flexibility index (Phi) is 4.99. The Morgan fingerprint density at radius 3 is 2.32 bits per heavy atom. The minimum Gasteiger partial charge on any atom is -0.355 e. The lowest BCUT2D eigenvalue weighted by Crippen LogP contribution is -2.27. The third-order valence-electron chi connectivity index (χ3n) is 2.86. The molecule has 0 bridgehead atoms. The molecule has 3 heteroatoms. The molecule has 0 aliphatic carbocycles. The molecular formula is C16H16ClNO.